The van der Waals surface area contributed by atoms with Gasteiger partial charge in [0.15, 0.2) is 0 Å². The summed E-state index contributed by atoms with van der Waals surface area (Å²) < 4.78 is 5.86. The highest BCUT2D eigenvalue weighted by Crippen LogP contribution is 2.44. The summed E-state index contributed by atoms with van der Waals surface area (Å²) in [6.45, 7) is 2.22. The molecule has 0 bridgehead atoms. The van der Waals surface area contributed by atoms with E-state index in [1.807, 2.05) is 30.3 Å². The molecule has 168 valence electrons. The second-order valence-corrected chi connectivity index (χ2v) is 8.05. The normalized spacial score (nSPS) is 16.9. The number of nitrogens with zero attached hydrogens (tertiary/aromatic N) is 2. The minimum Gasteiger partial charge on any atom is -0.448 e. The molecule has 1 N–H and O–H groups in total. The number of aromatic nitrogens is 1. The molecule has 1 aromatic heterocycles. The van der Waals surface area contributed by atoms with E-state index < -0.39 is 0 Å². The first kappa shape index (κ1) is 24.3. The van der Waals surface area contributed by atoms with Crippen LogP contribution >= 0.6 is 36.4 Å². The van der Waals surface area contributed by atoms with E-state index in [4.69, 9.17) is 16.3 Å². The van der Waals surface area contributed by atoms with Crippen molar-refractivity contribution in [2.45, 2.75) is 12.0 Å². The summed E-state index contributed by atoms with van der Waals surface area (Å²) in [6.07, 6.45) is 1.35. The summed E-state index contributed by atoms with van der Waals surface area (Å²) >= 11 is 6.14. The predicted octanol–water partition coefficient (Wildman–Crippen LogP) is 5.47. The van der Waals surface area contributed by atoms with Crippen molar-refractivity contribution in [2.75, 3.05) is 26.2 Å². The van der Waals surface area contributed by atoms with Crippen LogP contribution < -0.4 is 5.32 Å². The lowest BCUT2D eigenvalue weighted by Gasteiger charge is -2.35. The van der Waals surface area contributed by atoms with E-state index in [2.05, 4.69) is 34.6 Å². The molecule has 2 aromatic carbocycles. The summed E-state index contributed by atoms with van der Waals surface area (Å²) in [7, 11) is 0. The van der Waals surface area contributed by atoms with Crippen LogP contribution in [0.4, 0.5) is 4.79 Å². The van der Waals surface area contributed by atoms with Gasteiger partial charge in [0.1, 0.15) is 6.61 Å². The molecule has 5 rings (SSSR count). The Labute approximate surface area is 205 Å². The van der Waals surface area contributed by atoms with E-state index in [1.54, 1.807) is 17.2 Å². The van der Waals surface area contributed by atoms with Crippen LogP contribution in [-0.2, 0) is 4.74 Å². The van der Waals surface area contributed by atoms with Gasteiger partial charge in [-0.1, -0.05) is 60.1 Å². The number of rotatable bonds is 3. The van der Waals surface area contributed by atoms with Crippen molar-refractivity contribution in [2.24, 2.45) is 0 Å². The molecule has 8 heteroatoms. The van der Waals surface area contributed by atoms with E-state index in [-0.39, 0.29) is 42.9 Å². The predicted molar refractivity (Wildman–Crippen MR) is 131 cm³/mol. The number of carbonyl (C=O) groups excluding carboxylic acids is 1. The Morgan fingerprint density at radius 1 is 1.06 bits per heavy atom. The number of carbonyl (C=O) groups is 1. The van der Waals surface area contributed by atoms with Crippen molar-refractivity contribution in [3.8, 4) is 11.1 Å². The van der Waals surface area contributed by atoms with E-state index in [0.717, 1.165) is 12.2 Å². The maximum absolute atomic E-state index is 13.1. The highest BCUT2D eigenvalue weighted by atomic mass is 35.5. The zero-order valence-corrected chi connectivity index (χ0v) is 19.6. The summed E-state index contributed by atoms with van der Waals surface area (Å²) in [5.41, 5.74) is 5.62. The van der Waals surface area contributed by atoms with Crippen LogP contribution in [0, 0.1) is 0 Å². The number of benzene rings is 2. The number of fused-ring (bicyclic) bond motifs is 3. The molecular formula is C24H24Cl3N3O2. The van der Waals surface area contributed by atoms with Crippen molar-refractivity contribution in [3.05, 3.63) is 88.7 Å². The summed E-state index contributed by atoms with van der Waals surface area (Å²) in [5, 5.41) is 3.94. The smallest absolute Gasteiger partial charge is 0.410 e. The lowest BCUT2D eigenvalue weighted by atomic mass is 9.98. The standard InChI is InChI=1S/C24H22ClN3O2.2ClH/c25-16-9-10-27-22(13-16)23-14-26-11-12-28(23)24(29)30-15-21-19-7-3-1-5-17(19)18-6-2-4-8-20(18)21;;/h1-10,13,21,23,26H,11-12,14-15H2;2*1H. The number of hydrogen-bond acceptors (Lipinski definition) is 4. The Hall–Kier alpha value is -2.31. The average Bonchev–Trinajstić information content (AvgIpc) is 3.11. The molecule has 0 saturated carbocycles. The van der Waals surface area contributed by atoms with Gasteiger partial charge in [-0.05, 0) is 34.4 Å². The average molecular weight is 493 g/mol. The zero-order valence-electron chi connectivity index (χ0n) is 17.2. The van der Waals surface area contributed by atoms with Crippen molar-refractivity contribution < 1.29 is 9.53 Å². The van der Waals surface area contributed by atoms with E-state index in [1.165, 1.54) is 22.3 Å². The van der Waals surface area contributed by atoms with Crippen LogP contribution in [0.15, 0.2) is 66.9 Å². The van der Waals surface area contributed by atoms with E-state index in [9.17, 15) is 4.79 Å². The number of halogens is 3. The molecule has 1 fully saturated rings. The number of nitrogens with one attached hydrogen (secondary N) is 1. The van der Waals surface area contributed by atoms with Crippen molar-refractivity contribution >= 4 is 42.5 Å². The fourth-order valence-corrected chi connectivity index (χ4v) is 4.64. The van der Waals surface area contributed by atoms with Crippen molar-refractivity contribution in [1.82, 2.24) is 15.2 Å². The molecular weight excluding hydrogens is 469 g/mol. The number of hydrogen-bond donors (Lipinski definition) is 1. The van der Waals surface area contributed by atoms with Crippen LogP contribution in [0.1, 0.15) is 28.8 Å². The molecule has 5 nitrogen and oxygen atoms in total. The molecule has 1 aliphatic carbocycles. The van der Waals surface area contributed by atoms with Crippen LogP contribution in [-0.4, -0.2) is 42.2 Å². The monoisotopic (exact) mass is 491 g/mol. The second-order valence-electron chi connectivity index (χ2n) is 7.62. The maximum Gasteiger partial charge on any atom is 0.410 e. The Bertz CT molecular complexity index is 1050. The Morgan fingerprint density at radius 3 is 2.38 bits per heavy atom. The lowest BCUT2D eigenvalue weighted by Crippen LogP contribution is -2.49. The van der Waals surface area contributed by atoms with Gasteiger partial charge in [0.2, 0.25) is 0 Å². The minimum absolute atomic E-state index is 0. The van der Waals surface area contributed by atoms with Gasteiger partial charge >= 0.3 is 6.09 Å². The fourth-order valence-electron chi connectivity index (χ4n) is 4.47. The first-order valence-corrected chi connectivity index (χ1v) is 10.5. The van der Waals surface area contributed by atoms with Gasteiger partial charge in [-0.2, -0.15) is 0 Å². The SMILES string of the molecule is Cl.Cl.O=C(OCC1c2ccccc2-c2ccccc21)N1CCNCC1c1cc(Cl)ccn1. The second kappa shape index (κ2) is 10.5. The molecule has 32 heavy (non-hydrogen) atoms. The third-order valence-electron chi connectivity index (χ3n) is 5.90. The van der Waals surface area contributed by atoms with Crippen molar-refractivity contribution in [1.29, 1.82) is 0 Å². The number of ether oxygens (including phenoxy) is 1. The zero-order chi connectivity index (χ0) is 20.5. The molecule has 2 aliphatic rings. The van der Waals surface area contributed by atoms with E-state index >= 15 is 0 Å². The third-order valence-corrected chi connectivity index (χ3v) is 6.13. The van der Waals surface area contributed by atoms with Gasteiger partial charge in [0, 0.05) is 36.8 Å². The number of piperazine rings is 1. The molecule has 1 saturated heterocycles. The molecule has 3 aromatic rings. The topological polar surface area (TPSA) is 54.5 Å². The van der Waals surface area contributed by atoms with Crippen LogP contribution in [0.25, 0.3) is 11.1 Å². The number of amides is 1. The van der Waals surface area contributed by atoms with Gasteiger partial charge in [0.05, 0.1) is 11.7 Å². The summed E-state index contributed by atoms with van der Waals surface area (Å²) in [4.78, 5) is 19.2. The number of pyridine rings is 1. The Kier molecular flexibility index (Phi) is 8.01. The van der Waals surface area contributed by atoms with Gasteiger partial charge in [-0.25, -0.2) is 4.79 Å². The molecule has 1 unspecified atom stereocenters. The molecule has 2 heterocycles. The van der Waals surface area contributed by atoms with Gasteiger partial charge in [-0.15, -0.1) is 24.8 Å². The first-order valence-electron chi connectivity index (χ1n) is 10.2. The van der Waals surface area contributed by atoms with Crippen molar-refractivity contribution in [3.63, 3.8) is 0 Å². The maximum atomic E-state index is 13.1. The minimum atomic E-state index is -0.315. The highest BCUT2D eigenvalue weighted by molar-refractivity contribution is 6.30. The van der Waals surface area contributed by atoms with E-state index in [0.29, 0.717) is 24.7 Å². The van der Waals surface area contributed by atoms with Crippen LogP contribution in [0.3, 0.4) is 0 Å². The van der Waals surface area contributed by atoms with Crippen LogP contribution in [0.5, 0.6) is 0 Å². The Balaban J connectivity index is 0.00000144. The molecule has 1 aliphatic heterocycles. The van der Waals surface area contributed by atoms with Gasteiger partial charge in [-0.3, -0.25) is 9.88 Å². The van der Waals surface area contributed by atoms with Crippen LogP contribution in [0.2, 0.25) is 5.02 Å². The first-order chi connectivity index (χ1) is 14.7. The van der Waals surface area contributed by atoms with Gasteiger partial charge < -0.3 is 10.1 Å². The highest BCUT2D eigenvalue weighted by Gasteiger charge is 2.33. The summed E-state index contributed by atoms with van der Waals surface area (Å²) in [5.74, 6) is 0.0482. The van der Waals surface area contributed by atoms with Gasteiger partial charge in [0.25, 0.3) is 0 Å². The molecule has 0 spiro atoms. The molecule has 1 atom stereocenters. The molecule has 0 radical (unpaired) electrons. The lowest BCUT2D eigenvalue weighted by molar-refractivity contribution is 0.0743. The largest absolute Gasteiger partial charge is 0.448 e. The fraction of sp³-hybridized carbons (Fsp3) is 0.250. The third kappa shape index (κ3) is 4.57. The molecule has 1 amide bonds. The summed E-state index contributed by atoms with van der Waals surface area (Å²) in [6, 6.07) is 20.0. The quantitative estimate of drug-likeness (QED) is 0.526. The Morgan fingerprint density at radius 2 is 1.72 bits per heavy atom.